The molecule has 0 bridgehead atoms. The van der Waals surface area contributed by atoms with Gasteiger partial charge in [-0.05, 0) is 61.1 Å². The van der Waals surface area contributed by atoms with Gasteiger partial charge < -0.3 is 4.90 Å². The minimum absolute atomic E-state index is 0.404. The van der Waals surface area contributed by atoms with Crippen molar-refractivity contribution in [2.45, 2.75) is 30.6 Å². The second-order valence-electron chi connectivity index (χ2n) is 7.04. The van der Waals surface area contributed by atoms with Crippen LogP contribution < -0.4 is 4.90 Å². The number of nitriles is 1. The molecule has 27 heavy (non-hydrogen) atoms. The highest BCUT2D eigenvalue weighted by atomic mass is 32.2. The zero-order valence-corrected chi connectivity index (χ0v) is 16.0. The number of benzene rings is 1. The third-order valence-corrected chi connectivity index (χ3v) is 7.29. The Kier molecular flexibility index (Phi) is 4.85. The molecular formula is C20H22N4O2S. The van der Waals surface area contributed by atoms with E-state index in [1.54, 1.807) is 28.7 Å². The van der Waals surface area contributed by atoms with Crippen molar-refractivity contribution < 1.29 is 8.42 Å². The number of aryl methyl sites for hydroxylation is 2. The summed E-state index contributed by atoms with van der Waals surface area (Å²) in [6, 6.07) is 11.1. The van der Waals surface area contributed by atoms with Gasteiger partial charge in [-0.1, -0.05) is 6.07 Å². The number of aromatic nitrogens is 1. The maximum Gasteiger partial charge on any atom is 0.243 e. The summed E-state index contributed by atoms with van der Waals surface area (Å²) in [5, 5.41) is 9.04. The van der Waals surface area contributed by atoms with Gasteiger partial charge in [0.1, 0.15) is 5.82 Å². The summed E-state index contributed by atoms with van der Waals surface area (Å²) in [6.45, 7) is 1.95. The Morgan fingerprint density at radius 2 is 1.70 bits per heavy atom. The number of hydrogen-bond acceptors (Lipinski definition) is 5. The normalized spacial score (nSPS) is 18.0. The number of rotatable bonds is 3. The Bertz CT molecular complexity index is 989. The Hall–Kier alpha value is -2.43. The van der Waals surface area contributed by atoms with E-state index in [9.17, 15) is 8.42 Å². The summed E-state index contributed by atoms with van der Waals surface area (Å²) in [6.07, 6.45) is 5.94. The highest BCUT2D eigenvalue weighted by Crippen LogP contribution is 2.26. The maximum atomic E-state index is 13.1. The quantitative estimate of drug-likeness (QED) is 0.814. The predicted octanol–water partition coefficient (Wildman–Crippen LogP) is 2.34. The molecule has 0 N–H and O–H groups in total. The van der Waals surface area contributed by atoms with Crippen molar-refractivity contribution >= 4 is 15.8 Å². The van der Waals surface area contributed by atoms with E-state index in [4.69, 9.17) is 5.26 Å². The fraction of sp³-hybridized carbons (Fsp3) is 0.400. The second kappa shape index (κ2) is 7.29. The van der Waals surface area contributed by atoms with Gasteiger partial charge in [-0.3, -0.25) is 0 Å². The lowest BCUT2D eigenvalue weighted by atomic mass is 9.92. The van der Waals surface area contributed by atoms with Crippen molar-refractivity contribution in [2.24, 2.45) is 0 Å². The second-order valence-corrected chi connectivity index (χ2v) is 8.98. The Morgan fingerprint density at radius 1 is 0.963 bits per heavy atom. The molecule has 1 saturated heterocycles. The van der Waals surface area contributed by atoms with Crippen molar-refractivity contribution in [1.82, 2.24) is 9.29 Å². The zero-order valence-electron chi connectivity index (χ0n) is 15.1. The number of nitrogens with zero attached hydrogens (tertiary/aromatic N) is 4. The molecule has 4 rings (SSSR count). The molecule has 1 fully saturated rings. The van der Waals surface area contributed by atoms with Crippen LogP contribution in [0.4, 0.5) is 5.82 Å². The van der Waals surface area contributed by atoms with E-state index in [0.29, 0.717) is 36.6 Å². The first-order chi connectivity index (χ1) is 13.1. The lowest BCUT2D eigenvalue weighted by molar-refractivity contribution is 0.383. The van der Waals surface area contributed by atoms with Crippen LogP contribution in [0, 0.1) is 11.3 Å². The van der Waals surface area contributed by atoms with E-state index in [2.05, 4.69) is 11.1 Å². The molecule has 0 atom stereocenters. The van der Waals surface area contributed by atoms with Gasteiger partial charge in [-0.15, -0.1) is 0 Å². The fourth-order valence-corrected chi connectivity index (χ4v) is 5.31. The summed E-state index contributed by atoms with van der Waals surface area (Å²) in [5.74, 6) is 0.722. The molecule has 140 valence electrons. The molecule has 7 heteroatoms. The molecule has 0 amide bonds. The van der Waals surface area contributed by atoms with E-state index in [-0.39, 0.29) is 0 Å². The minimum Gasteiger partial charge on any atom is -0.354 e. The zero-order chi connectivity index (χ0) is 18.9. The van der Waals surface area contributed by atoms with Crippen LogP contribution in [0.15, 0.2) is 41.4 Å². The third kappa shape index (κ3) is 3.55. The number of piperazine rings is 1. The molecule has 2 heterocycles. The third-order valence-electron chi connectivity index (χ3n) is 5.39. The topological polar surface area (TPSA) is 77.3 Å². The summed E-state index contributed by atoms with van der Waals surface area (Å²) in [5.41, 5.74) is 3.02. The van der Waals surface area contributed by atoms with Crippen LogP contribution >= 0.6 is 0 Å². The number of sulfonamides is 1. The number of fused-ring (bicyclic) bond motifs is 1. The van der Waals surface area contributed by atoms with Crippen molar-refractivity contribution in [3.8, 4) is 6.07 Å². The van der Waals surface area contributed by atoms with Gasteiger partial charge in [0.25, 0.3) is 0 Å². The van der Waals surface area contributed by atoms with Gasteiger partial charge in [0, 0.05) is 32.4 Å². The minimum atomic E-state index is -3.48. The van der Waals surface area contributed by atoms with Gasteiger partial charge in [-0.25, -0.2) is 13.4 Å². The summed E-state index contributed by atoms with van der Waals surface area (Å²) in [7, 11) is -3.48. The molecule has 0 spiro atoms. The van der Waals surface area contributed by atoms with Crippen LogP contribution in [0.1, 0.15) is 29.5 Å². The van der Waals surface area contributed by atoms with Gasteiger partial charge in [0.05, 0.1) is 16.5 Å². The molecule has 0 saturated carbocycles. The number of pyridine rings is 1. The molecule has 1 aromatic heterocycles. The fourth-order valence-electron chi connectivity index (χ4n) is 3.84. The monoisotopic (exact) mass is 382 g/mol. The lowest BCUT2D eigenvalue weighted by Gasteiger charge is -2.34. The van der Waals surface area contributed by atoms with Crippen molar-refractivity contribution in [3.05, 3.63) is 53.2 Å². The average molecular weight is 382 g/mol. The average Bonchev–Trinajstić information content (AvgIpc) is 2.73. The molecule has 0 unspecified atom stereocenters. The van der Waals surface area contributed by atoms with Crippen LogP contribution in [0.2, 0.25) is 0 Å². The molecule has 1 aromatic carbocycles. The summed E-state index contributed by atoms with van der Waals surface area (Å²) in [4.78, 5) is 6.74. The molecular weight excluding hydrogens is 360 g/mol. The highest BCUT2D eigenvalue weighted by Gasteiger charge is 2.29. The van der Waals surface area contributed by atoms with Crippen molar-refractivity contribution in [2.75, 3.05) is 31.1 Å². The highest BCUT2D eigenvalue weighted by molar-refractivity contribution is 7.89. The first-order valence-electron chi connectivity index (χ1n) is 9.31. The molecule has 1 aliphatic carbocycles. The van der Waals surface area contributed by atoms with Crippen molar-refractivity contribution in [3.63, 3.8) is 0 Å². The van der Waals surface area contributed by atoms with Gasteiger partial charge in [0.2, 0.25) is 10.0 Å². The van der Waals surface area contributed by atoms with Gasteiger partial charge in [-0.2, -0.15) is 9.57 Å². The van der Waals surface area contributed by atoms with E-state index < -0.39 is 10.0 Å². The first-order valence-corrected chi connectivity index (χ1v) is 10.7. The van der Waals surface area contributed by atoms with Crippen LogP contribution in [-0.2, 0) is 22.9 Å². The van der Waals surface area contributed by atoms with Crippen LogP contribution in [0.25, 0.3) is 0 Å². The molecule has 6 nitrogen and oxygen atoms in total. The van der Waals surface area contributed by atoms with E-state index in [0.717, 1.165) is 25.1 Å². The molecule has 1 aliphatic heterocycles. The predicted molar refractivity (Wildman–Crippen MR) is 103 cm³/mol. The maximum absolute atomic E-state index is 13.1. The van der Waals surface area contributed by atoms with Gasteiger partial charge in [0.15, 0.2) is 0 Å². The lowest BCUT2D eigenvalue weighted by Crippen LogP contribution is -2.48. The van der Waals surface area contributed by atoms with Gasteiger partial charge >= 0.3 is 0 Å². The van der Waals surface area contributed by atoms with E-state index in [1.165, 1.54) is 17.5 Å². The van der Waals surface area contributed by atoms with E-state index in [1.807, 2.05) is 17.0 Å². The summed E-state index contributed by atoms with van der Waals surface area (Å²) >= 11 is 0. The molecule has 2 aromatic rings. The standard InChI is InChI=1S/C20H22N4O2S/c21-15-16-7-8-22-20(13-16)23-9-11-24(12-10-23)27(25,26)19-6-5-17-3-1-2-4-18(17)14-19/h5-8,13-14H,1-4,9-12H2. The Morgan fingerprint density at radius 3 is 2.44 bits per heavy atom. The van der Waals surface area contributed by atoms with Crippen LogP contribution in [0.3, 0.4) is 0 Å². The number of anilines is 1. The van der Waals surface area contributed by atoms with Crippen molar-refractivity contribution in [1.29, 1.82) is 5.26 Å². The Balaban J connectivity index is 1.49. The Labute approximate surface area is 160 Å². The SMILES string of the molecule is N#Cc1ccnc(N2CCN(S(=O)(=O)c3ccc4c(c3)CCCC4)CC2)c1. The smallest absolute Gasteiger partial charge is 0.243 e. The summed E-state index contributed by atoms with van der Waals surface area (Å²) < 4.78 is 27.7. The number of hydrogen-bond donors (Lipinski definition) is 0. The first kappa shape index (κ1) is 18.0. The van der Waals surface area contributed by atoms with Crippen LogP contribution in [0.5, 0.6) is 0 Å². The van der Waals surface area contributed by atoms with E-state index >= 15 is 0 Å². The largest absolute Gasteiger partial charge is 0.354 e. The molecule has 2 aliphatic rings. The molecule has 0 radical (unpaired) electrons. The van der Waals surface area contributed by atoms with Crippen LogP contribution in [-0.4, -0.2) is 43.9 Å².